The fourth-order valence-corrected chi connectivity index (χ4v) is 10.7. The lowest BCUT2D eigenvalue weighted by atomic mass is 9.82. The number of unbranched alkanes of at least 4 members (excludes halogenated alkanes) is 16. The summed E-state index contributed by atoms with van der Waals surface area (Å²) < 4.78 is 21.3. The van der Waals surface area contributed by atoms with Crippen LogP contribution in [0.2, 0.25) is 0 Å². The third-order valence-electron chi connectivity index (χ3n) is 16.7. The highest BCUT2D eigenvalue weighted by molar-refractivity contribution is 5.96. The maximum absolute atomic E-state index is 13.3. The van der Waals surface area contributed by atoms with Gasteiger partial charge in [0.15, 0.2) is 5.78 Å². The van der Waals surface area contributed by atoms with Crippen LogP contribution in [0.1, 0.15) is 226 Å². The number of aromatic amines is 1. The summed E-state index contributed by atoms with van der Waals surface area (Å²) in [7, 11) is 0. The molecule has 2 rings (SSSR count). The van der Waals surface area contributed by atoms with Gasteiger partial charge in [-0.25, -0.2) is 9.78 Å². The molecule has 0 spiro atoms. The smallest absolute Gasteiger partial charge is 0.326 e. The number of carbonyl (C=O) groups excluding carboxylic acids is 8. The van der Waals surface area contributed by atoms with Crippen LogP contribution in [0.4, 0.5) is 0 Å². The summed E-state index contributed by atoms with van der Waals surface area (Å²) in [6.07, 6.45) is 26.7. The lowest BCUT2D eigenvalue weighted by molar-refractivity contribution is -0.145. The molecule has 1 heterocycles. The van der Waals surface area contributed by atoms with Crippen molar-refractivity contribution in [2.75, 3.05) is 79.0 Å². The average Bonchev–Trinajstić information content (AvgIpc) is 1.21. The number of hydrogen-bond donors (Lipinski definition) is 13. The standard InChI is InChI=1S/C47H77N9O17.C22H43NO3/c1-30-7-9-31(10-8-30)42(63)54-36(45(67)68)11-13-38(58)51-16-18-70-20-23-73-28-40(60)52-17-19-71-21-22-72-27-39(59)50-15-5-4-6-32(44(65)66)24-37(57)35(12-14-41(61)62)55-46(69)47(2,3)56-43(64)34(48)25-33-26-49-29-53-33;1-2-23-21(24)19-17-15-13-11-9-7-5-3-4-6-8-10-12-14-16-18-20-22(25)26/h26,29-32,34-36H,4-25,27-28,48H2,1-3H3,(H,49,53)(H,50,59)(H,51,58)(H,52,60)(H,54,63)(H,55,69)(H,56,64)(H,61,62)(H,65,66)(H,67,68);2-20H2,1H3,(H,23,24)(H,25,26)/t30?,31?,32-,34+,35+,36+;/m1./s1. The Labute approximate surface area is 584 Å². The Kier molecular flexibility index (Phi) is 51.4. The summed E-state index contributed by atoms with van der Waals surface area (Å²) in [6.45, 7) is 8.54. The van der Waals surface area contributed by atoms with Gasteiger partial charge in [0.25, 0.3) is 0 Å². The molecule has 4 atom stereocenters. The van der Waals surface area contributed by atoms with Crippen LogP contribution in [0, 0.1) is 17.8 Å². The number of hydrogen-bond acceptors (Lipinski definition) is 18. The van der Waals surface area contributed by atoms with E-state index < -0.39 is 89.8 Å². The lowest BCUT2D eigenvalue weighted by Gasteiger charge is -2.29. The molecule has 1 saturated carbocycles. The Bertz CT molecular complexity index is 2480. The molecule has 1 fully saturated rings. The van der Waals surface area contributed by atoms with E-state index in [1.54, 1.807) is 0 Å². The monoisotopic (exact) mass is 1410 g/mol. The predicted octanol–water partition coefficient (Wildman–Crippen LogP) is 5.17. The molecule has 1 aliphatic carbocycles. The van der Waals surface area contributed by atoms with Crippen molar-refractivity contribution in [3.8, 4) is 0 Å². The van der Waals surface area contributed by atoms with Crippen molar-refractivity contribution in [2.45, 2.75) is 250 Å². The number of aliphatic carboxylic acids is 4. The van der Waals surface area contributed by atoms with E-state index in [1.807, 2.05) is 6.92 Å². The van der Waals surface area contributed by atoms with Crippen LogP contribution < -0.4 is 43.0 Å². The first-order valence-corrected chi connectivity index (χ1v) is 35.8. The van der Waals surface area contributed by atoms with Crippen LogP contribution in [-0.4, -0.2) is 204 Å². The SMILES string of the molecule is CC1CCC(C(=O)N[C@@H](CCC(=O)NCCOCCOCC(=O)NCCOCCOCC(=O)NCCCC[C@H](CC(=O)[C@H](CCC(=O)O)NC(=O)C(C)(C)NC(=O)[C@@H](N)Cc2cnc[nH]2)C(=O)O)C(=O)O)CC1.CCNC(=O)CCCCCCCCCCCCCCCCCCC(=O)O. The van der Waals surface area contributed by atoms with Gasteiger partial charge in [0, 0.05) is 82.5 Å². The molecule has 0 unspecified atom stereocenters. The molecule has 0 bridgehead atoms. The molecular weight excluding hydrogens is 1290 g/mol. The molecule has 566 valence electrons. The van der Waals surface area contributed by atoms with E-state index in [-0.39, 0.29) is 134 Å². The zero-order valence-electron chi connectivity index (χ0n) is 59.4. The van der Waals surface area contributed by atoms with Gasteiger partial charge in [-0.15, -0.1) is 0 Å². The molecule has 0 saturated heterocycles. The molecule has 7 amide bonds. The van der Waals surface area contributed by atoms with E-state index in [2.05, 4.69) is 54.1 Å². The Morgan fingerprint density at radius 3 is 1.53 bits per heavy atom. The number of aromatic nitrogens is 2. The fourth-order valence-electron chi connectivity index (χ4n) is 10.7. The number of imidazole rings is 1. The van der Waals surface area contributed by atoms with Crippen LogP contribution in [0.3, 0.4) is 0 Å². The normalized spacial score (nSPS) is 14.8. The molecule has 0 aliphatic heterocycles. The van der Waals surface area contributed by atoms with Gasteiger partial charge in [0.2, 0.25) is 41.4 Å². The number of ketones is 1. The molecule has 30 heteroatoms. The van der Waals surface area contributed by atoms with Crippen molar-refractivity contribution < 1.29 is 96.9 Å². The van der Waals surface area contributed by atoms with Gasteiger partial charge in [0.05, 0.1) is 64.0 Å². The highest BCUT2D eigenvalue weighted by Crippen LogP contribution is 2.28. The minimum absolute atomic E-state index is 0.0356. The Morgan fingerprint density at radius 2 is 1.03 bits per heavy atom. The number of carboxylic acids is 4. The van der Waals surface area contributed by atoms with Crippen LogP contribution in [0.5, 0.6) is 0 Å². The largest absolute Gasteiger partial charge is 0.481 e. The summed E-state index contributed by atoms with van der Waals surface area (Å²) >= 11 is 0. The molecular formula is C69H120N10O20. The zero-order valence-corrected chi connectivity index (χ0v) is 59.4. The number of nitrogens with one attached hydrogen (secondary N) is 8. The van der Waals surface area contributed by atoms with Crippen LogP contribution >= 0.6 is 0 Å². The van der Waals surface area contributed by atoms with Crippen molar-refractivity contribution in [1.82, 2.24) is 47.2 Å². The number of Topliss-reactive ketones (excluding diaryl/α,β-unsaturated/α-hetero) is 1. The number of carboxylic acid groups (broad SMARTS) is 4. The number of amides is 7. The highest BCUT2D eigenvalue weighted by Gasteiger charge is 2.36. The zero-order chi connectivity index (χ0) is 73.5. The summed E-state index contributed by atoms with van der Waals surface area (Å²) in [6, 6.07) is -3.53. The lowest BCUT2D eigenvalue weighted by Crippen LogP contribution is -2.60. The Hall–Kier alpha value is -7.15. The number of ether oxygens (including phenoxy) is 4. The summed E-state index contributed by atoms with van der Waals surface area (Å²) in [4.78, 5) is 152. The summed E-state index contributed by atoms with van der Waals surface area (Å²) in [5.41, 5.74) is 4.99. The van der Waals surface area contributed by atoms with E-state index in [4.69, 9.17) is 29.8 Å². The molecule has 1 aromatic heterocycles. The first kappa shape index (κ1) is 89.9. The van der Waals surface area contributed by atoms with Gasteiger partial charge < -0.3 is 87.3 Å². The van der Waals surface area contributed by atoms with Gasteiger partial charge in [-0.3, -0.25) is 52.7 Å². The van der Waals surface area contributed by atoms with Crippen molar-refractivity contribution in [3.05, 3.63) is 18.2 Å². The van der Waals surface area contributed by atoms with Gasteiger partial charge in [-0.05, 0) is 90.9 Å². The third kappa shape index (κ3) is 49.1. The van der Waals surface area contributed by atoms with Gasteiger partial charge in [-0.2, -0.15) is 0 Å². The molecule has 1 aliphatic rings. The molecule has 1 aromatic rings. The maximum Gasteiger partial charge on any atom is 0.326 e. The molecule has 0 aromatic carbocycles. The molecule has 0 radical (unpaired) electrons. The number of nitrogens with zero attached hydrogens (tertiary/aromatic N) is 1. The second-order valence-electron chi connectivity index (χ2n) is 25.9. The fraction of sp³-hybridized carbons (Fsp3) is 0.783. The Morgan fingerprint density at radius 1 is 0.545 bits per heavy atom. The highest BCUT2D eigenvalue weighted by atomic mass is 16.5. The summed E-state index contributed by atoms with van der Waals surface area (Å²) in [5.74, 6) is -8.57. The third-order valence-corrected chi connectivity index (χ3v) is 16.7. The Balaban J connectivity index is 0.00000158. The van der Waals surface area contributed by atoms with Gasteiger partial charge in [0.1, 0.15) is 24.8 Å². The number of rotatable bonds is 60. The van der Waals surface area contributed by atoms with Gasteiger partial charge >= 0.3 is 23.9 Å². The summed E-state index contributed by atoms with van der Waals surface area (Å²) in [5, 5.41) is 55.5. The van der Waals surface area contributed by atoms with Gasteiger partial charge in [-0.1, -0.05) is 103 Å². The first-order valence-electron chi connectivity index (χ1n) is 35.8. The second kappa shape index (κ2) is 56.6. The number of nitrogens with two attached hydrogens (primary N) is 1. The first-order chi connectivity index (χ1) is 47.3. The number of H-pyrrole nitrogens is 1. The van der Waals surface area contributed by atoms with Crippen molar-refractivity contribution in [1.29, 1.82) is 0 Å². The quantitative estimate of drug-likeness (QED) is 0.0374. The molecule has 30 nitrogen and oxygen atoms in total. The minimum atomic E-state index is -1.58. The van der Waals surface area contributed by atoms with Crippen molar-refractivity contribution in [3.63, 3.8) is 0 Å². The van der Waals surface area contributed by atoms with Crippen LogP contribution in [0.25, 0.3) is 0 Å². The van der Waals surface area contributed by atoms with E-state index in [1.165, 1.54) is 110 Å². The predicted molar refractivity (Wildman–Crippen MR) is 368 cm³/mol. The topological polar surface area (TPSA) is 462 Å². The van der Waals surface area contributed by atoms with E-state index in [9.17, 15) is 72.9 Å². The van der Waals surface area contributed by atoms with Crippen molar-refractivity contribution >= 4 is 71.0 Å². The average molecular weight is 1410 g/mol. The maximum atomic E-state index is 13.3. The minimum Gasteiger partial charge on any atom is -0.481 e. The van der Waals surface area contributed by atoms with E-state index in [0.717, 1.165) is 51.5 Å². The molecule has 99 heavy (non-hydrogen) atoms. The number of carbonyl (C=O) groups is 12. The van der Waals surface area contributed by atoms with Crippen LogP contribution in [-0.2, 0) is 82.9 Å². The van der Waals surface area contributed by atoms with E-state index >= 15 is 0 Å². The van der Waals surface area contributed by atoms with E-state index in [0.29, 0.717) is 37.3 Å². The molecule has 14 N–H and O–H groups in total. The van der Waals surface area contributed by atoms with Crippen LogP contribution in [0.15, 0.2) is 12.5 Å². The second-order valence-corrected chi connectivity index (χ2v) is 25.9. The van der Waals surface area contributed by atoms with Crippen molar-refractivity contribution in [2.24, 2.45) is 23.5 Å².